The first-order valence-electron chi connectivity index (χ1n) is 6.50. The summed E-state index contributed by atoms with van der Waals surface area (Å²) in [6.07, 6.45) is 0.959. The average Bonchev–Trinajstić information content (AvgIpc) is 2.64. The van der Waals surface area contributed by atoms with Gasteiger partial charge in [0.25, 0.3) is 5.91 Å². The van der Waals surface area contributed by atoms with Gasteiger partial charge in [-0.25, -0.2) is 0 Å². The molecule has 2 rings (SSSR count). The largest absolute Gasteiger partial charge is 0.372 e. The number of hydrogen-bond acceptors (Lipinski definition) is 3. The van der Waals surface area contributed by atoms with E-state index < -0.39 is 6.04 Å². The first-order chi connectivity index (χ1) is 9.43. The Kier molecular flexibility index (Phi) is 4.70. The van der Waals surface area contributed by atoms with E-state index in [1.54, 1.807) is 6.07 Å². The van der Waals surface area contributed by atoms with Gasteiger partial charge in [0.1, 0.15) is 6.04 Å². The molecule has 0 saturated carbocycles. The molecule has 20 heavy (non-hydrogen) atoms. The van der Waals surface area contributed by atoms with Crippen LogP contribution >= 0.6 is 27.5 Å². The number of hydrogen-bond donors (Lipinski definition) is 1. The summed E-state index contributed by atoms with van der Waals surface area (Å²) in [4.78, 5) is 25.3. The van der Waals surface area contributed by atoms with Gasteiger partial charge in [-0.2, -0.15) is 0 Å². The molecule has 1 unspecified atom stereocenters. The van der Waals surface area contributed by atoms with Crippen LogP contribution in [0.3, 0.4) is 0 Å². The van der Waals surface area contributed by atoms with Crippen LogP contribution in [0.1, 0.15) is 25.3 Å². The first-order valence-corrected chi connectivity index (χ1v) is 7.67. The van der Waals surface area contributed by atoms with E-state index in [0.717, 1.165) is 22.1 Å². The van der Waals surface area contributed by atoms with Crippen LogP contribution in [-0.2, 0) is 9.59 Å². The predicted octanol–water partition coefficient (Wildman–Crippen LogP) is 3.36. The van der Waals surface area contributed by atoms with Gasteiger partial charge < -0.3 is 5.32 Å². The molecule has 1 N–H and O–H groups in total. The number of likely N-dealkylation sites (tertiary alicyclic amines) is 1. The van der Waals surface area contributed by atoms with Gasteiger partial charge in [0.15, 0.2) is 0 Å². The Morgan fingerprint density at radius 3 is 2.80 bits per heavy atom. The van der Waals surface area contributed by atoms with Crippen LogP contribution in [0.4, 0.5) is 5.69 Å². The van der Waals surface area contributed by atoms with Crippen LogP contribution in [0.25, 0.3) is 0 Å². The van der Waals surface area contributed by atoms with Crippen molar-refractivity contribution in [2.45, 2.75) is 32.7 Å². The average molecular weight is 360 g/mol. The Bertz CT molecular complexity index is 562. The van der Waals surface area contributed by atoms with E-state index in [9.17, 15) is 9.59 Å². The highest BCUT2D eigenvalue weighted by atomic mass is 79.9. The third-order valence-corrected chi connectivity index (χ3v) is 4.33. The molecule has 1 aromatic rings. The fourth-order valence-electron chi connectivity index (χ4n) is 2.20. The van der Waals surface area contributed by atoms with Crippen LogP contribution < -0.4 is 5.32 Å². The fraction of sp³-hybridized carbons (Fsp3) is 0.429. The molecule has 108 valence electrons. The third kappa shape index (κ3) is 2.99. The van der Waals surface area contributed by atoms with Crippen molar-refractivity contribution in [3.8, 4) is 0 Å². The highest BCUT2D eigenvalue weighted by Gasteiger charge is 2.38. The first kappa shape index (κ1) is 15.3. The van der Waals surface area contributed by atoms with Crippen LogP contribution in [0.5, 0.6) is 0 Å². The maximum atomic E-state index is 12.2. The van der Waals surface area contributed by atoms with Crippen LogP contribution in [0, 0.1) is 6.92 Å². The van der Waals surface area contributed by atoms with Gasteiger partial charge in [-0.05, 0) is 47.0 Å². The summed E-state index contributed by atoms with van der Waals surface area (Å²) < 4.78 is 0.827. The minimum Gasteiger partial charge on any atom is -0.372 e. The zero-order chi connectivity index (χ0) is 14.9. The minimum atomic E-state index is -0.510. The SMILES string of the molecule is CCCN1C(=O)CC(Nc2cc(Cl)c(C)cc2Br)C1=O. The van der Waals surface area contributed by atoms with Gasteiger partial charge >= 0.3 is 0 Å². The maximum absolute atomic E-state index is 12.2. The molecular weight excluding hydrogens is 344 g/mol. The standard InChI is InChI=1S/C14H16BrClN2O2/c1-3-4-18-13(19)7-12(14(18)20)17-11-6-10(16)8(2)5-9(11)15/h5-6,12,17H,3-4,7H2,1-2H3. The lowest BCUT2D eigenvalue weighted by atomic mass is 10.2. The van der Waals surface area contributed by atoms with Gasteiger partial charge in [-0.3, -0.25) is 14.5 Å². The second-order valence-corrected chi connectivity index (χ2v) is 6.13. The molecular formula is C14H16BrClN2O2. The number of carbonyl (C=O) groups excluding carboxylic acids is 2. The van der Waals surface area contributed by atoms with E-state index in [4.69, 9.17) is 11.6 Å². The van der Waals surface area contributed by atoms with Gasteiger partial charge in [0.2, 0.25) is 5.91 Å². The molecule has 2 amide bonds. The van der Waals surface area contributed by atoms with E-state index >= 15 is 0 Å². The van der Waals surface area contributed by atoms with E-state index in [-0.39, 0.29) is 18.2 Å². The van der Waals surface area contributed by atoms with Gasteiger partial charge in [-0.1, -0.05) is 18.5 Å². The van der Waals surface area contributed by atoms with Crippen LogP contribution in [-0.4, -0.2) is 29.3 Å². The van der Waals surface area contributed by atoms with Crippen molar-refractivity contribution >= 4 is 45.0 Å². The lowest BCUT2D eigenvalue weighted by molar-refractivity contribution is -0.138. The van der Waals surface area contributed by atoms with Crippen molar-refractivity contribution in [1.82, 2.24) is 4.90 Å². The molecule has 1 fully saturated rings. The molecule has 1 saturated heterocycles. The van der Waals surface area contributed by atoms with E-state index in [1.165, 1.54) is 4.90 Å². The molecule has 1 heterocycles. The second-order valence-electron chi connectivity index (χ2n) is 4.87. The number of aryl methyl sites for hydroxylation is 1. The van der Waals surface area contributed by atoms with Gasteiger partial charge in [0.05, 0.1) is 12.1 Å². The molecule has 0 radical (unpaired) electrons. The van der Waals surface area contributed by atoms with Crippen molar-refractivity contribution in [2.24, 2.45) is 0 Å². The van der Waals surface area contributed by atoms with E-state index in [0.29, 0.717) is 11.6 Å². The van der Waals surface area contributed by atoms with Gasteiger partial charge in [-0.15, -0.1) is 0 Å². The predicted molar refractivity (Wildman–Crippen MR) is 82.9 cm³/mol. The molecule has 0 bridgehead atoms. The highest BCUT2D eigenvalue weighted by Crippen LogP contribution is 2.31. The summed E-state index contributed by atoms with van der Waals surface area (Å²) in [5.74, 6) is -0.288. The topological polar surface area (TPSA) is 49.4 Å². The Morgan fingerprint density at radius 1 is 1.45 bits per heavy atom. The summed E-state index contributed by atoms with van der Waals surface area (Å²) in [6, 6.07) is 3.14. The Balaban J connectivity index is 2.17. The number of nitrogens with one attached hydrogen (secondary N) is 1. The van der Waals surface area contributed by atoms with Crippen molar-refractivity contribution < 1.29 is 9.59 Å². The number of amides is 2. The fourth-order valence-corrected chi connectivity index (χ4v) is 2.93. The minimum absolute atomic E-state index is 0.122. The highest BCUT2D eigenvalue weighted by molar-refractivity contribution is 9.10. The zero-order valence-electron chi connectivity index (χ0n) is 11.4. The Hall–Kier alpha value is -1.07. The number of imide groups is 1. The summed E-state index contributed by atoms with van der Waals surface area (Å²) in [7, 11) is 0. The summed E-state index contributed by atoms with van der Waals surface area (Å²) in [5.41, 5.74) is 1.68. The smallest absolute Gasteiger partial charge is 0.252 e. The lowest BCUT2D eigenvalue weighted by Gasteiger charge is -2.16. The number of anilines is 1. The molecule has 4 nitrogen and oxygen atoms in total. The molecule has 0 aromatic heterocycles. The normalized spacial score (nSPS) is 18.8. The van der Waals surface area contributed by atoms with Crippen molar-refractivity contribution in [3.05, 3.63) is 27.2 Å². The molecule has 1 aliphatic heterocycles. The zero-order valence-corrected chi connectivity index (χ0v) is 13.7. The van der Waals surface area contributed by atoms with Crippen molar-refractivity contribution in [2.75, 3.05) is 11.9 Å². The third-order valence-electron chi connectivity index (χ3n) is 3.27. The number of benzene rings is 1. The molecule has 6 heteroatoms. The Morgan fingerprint density at radius 2 is 2.15 bits per heavy atom. The molecule has 1 aromatic carbocycles. The van der Waals surface area contributed by atoms with Gasteiger partial charge in [0, 0.05) is 16.0 Å². The maximum Gasteiger partial charge on any atom is 0.252 e. The summed E-state index contributed by atoms with van der Waals surface area (Å²) in [6.45, 7) is 4.33. The van der Waals surface area contributed by atoms with E-state index in [1.807, 2.05) is 19.9 Å². The number of halogens is 2. The van der Waals surface area contributed by atoms with Crippen molar-refractivity contribution in [3.63, 3.8) is 0 Å². The van der Waals surface area contributed by atoms with E-state index in [2.05, 4.69) is 21.2 Å². The second kappa shape index (κ2) is 6.14. The number of nitrogens with zero attached hydrogens (tertiary/aromatic N) is 1. The Labute approximate surface area is 131 Å². The van der Waals surface area contributed by atoms with Crippen LogP contribution in [0.2, 0.25) is 5.02 Å². The molecule has 0 spiro atoms. The van der Waals surface area contributed by atoms with Crippen molar-refractivity contribution in [1.29, 1.82) is 0 Å². The lowest BCUT2D eigenvalue weighted by Crippen LogP contribution is -2.35. The monoisotopic (exact) mass is 358 g/mol. The number of rotatable bonds is 4. The van der Waals surface area contributed by atoms with Crippen LogP contribution in [0.15, 0.2) is 16.6 Å². The molecule has 0 aliphatic carbocycles. The number of carbonyl (C=O) groups is 2. The quantitative estimate of drug-likeness (QED) is 0.839. The molecule has 1 atom stereocenters. The summed E-state index contributed by atoms with van der Waals surface area (Å²) >= 11 is 9.53. The molecule has 1 aliphatic rings. The summed E-state index contributed by atoms with van der Waals surface area (Å²) in [5, 5.41) is 3.73.